The maximum absolute atomic E-state index is 11.5. The second-order valence-corrected chi connectivity index (χ2v) is 4.69. The van der Waals surface area contributed by atoms with Crippen LogP contribution in [-0.4, -0.2) is 26.2 Å². The normalized spacial score (nSPS) is 21.5. The second-order valence-electron chi connectivity index (χ2n) is 3.54. The first-order valence-electron chi connectivity index (χ1n) is 4.81. The number of nitrogens with zero attached hydrogens (tertiary/aromatic N) is 1. The predicted molar refractivity (Wildman–Crippen MR) is 58.6 cm³/mol. The number of aromatic hydroxyl groups is 1. The van der Waals surface area contributed by atoms with Crippen molar-refractivity contribution < 1.29 is 5.11 Å². The molecule has 1 saturated heterocycles. The van der Waals surface area contributed by atoms with E-state index in [0.29, 0.717) is 0 Å². The minimum atomic E-state index is -0.558. The van der Waals surface area contributed by atoms with Gasteiger partial charge in [-0.15, -0.1) is 0 Å². The zero-order chi connectivity index (χ0) is 10.8. The Balaban J connectivity index is 2.42. The molecule has 5 nitrogen and oxygen atoms in total. The molecule has 1 aliphatic rings. The summed E-state index contributed by atoms with van der Waals surface area (Å²) in [7, 11) is 0. The molecule has 0 spiro atoms. The fourth-order valence-corrected chi connectivity index (χ4v) is 2.90. The molecule has 1 aliphatic heterocycles. The maximum atomic E-state index is 11.5. The first-order valence-corrected chi connectivity index (χ1v) is 5.96. The number of hydrogen-bond acceptors (Lipinski definition) is 4. The molecule has 2 N–H and O–H groups in total. The van der Waals surface area contributed by atoms with Crippen LogP contribution < -0.4 is 11.2 Å². The van der Waals surface area contributed by atoms with Crippen LogP contribution in [0.15, 0.2) is 15.7 Å². The van der Waals surface area contributed by atoms with Crippen LogP contribution in [0.4, 0.5) is 0 Å². The van der Waals surface area contributed by atoms with E-state index in [4.69, 9.17) is 0 Å². The van der Waals surface area contributed by atoms with E-state index in [9.17, 15) is 14.7 Å². The summed E-state index contributed by atoms with van der Waals surface area (Å²) in [6.07, 6.45) is 1.90. The molecule has 0 amide bonds. The minimum Gasteiger partial charge on any atom is -0.494 e. The average molecular weight is 228 g/mol. The summed E-state index contributed by atoms with van der Waals surface area (Å²) in [5.74, 6) is 1.66. The largest absolute Gasteiger partial charge is 0.494 e. The summed E-state index contributed by atoms with van der Waals surface area (Å²) in [5.41, 5.74) is -1.08. The molecular formula is C9H12N2O3S. The van der Waals surface area contributed by atoms with Crippen molar-refractivity contribution in [3.8, 4) is 5.88 Å². The monoisotopic (exact) mass is 228 g/mol. The van der Waals surface area contributed by atoms with Gasteiger partial charge in [-0.3, -0.25) is 14.3 Å². The van der Waals surface area contributed by atoms with Crippen LogP contribution in [0.5, 0.6) is 5.88 Å². The van der Waals surface area contributed by atoms with Gasteiger partial charge in [-0.05, 0) is 18.6 Å². The quantitative estimate of drug-likeness (QED) is 0.725. The van der Waals surface area contributed by atoms with Crippen LogP contribution in [0.2, 0.25) is 0 Å². The van der Waals surface area contributed by atoms with E-state index in [0.717, 1.165) is 30.4 Å². The molecule has 1 atom stereocenters. The molecule has 0 saturated carbocycles. The molecule has 6 heteroatoms. The first kappa shape index (κ1) is 10.4. The Labute approximate surface area is 90.1 Å². The van der Waals surface area contributed by atoms with Crippen molar-refractivity contribution in [3.05, 3.63) is 26.9 Å². The van der Waals surface area contributed by atoms with E-state index in [-0.39, 0.29) is 11.9 Å². The Kier molecular flexibility index (Phi) is 2.86. The van der Waals surface area contributed by atoms with Crippen LogP contribution >= 0.6 is 11.8 Å². The zero-order valence-electron chi connectivity index (χ0n) is 8.10. The lowest BCUT2D eigenvalue weighted by molar-refractivity contribution is 0.361. The molecule has 0 aliphatic carbocycles. The molecule has 15 heavy (non-hydrogen) atoms. The topological polar surface area (TPSA) is 75.1 Å². The van der Waals surface area contributed by atoms with Gasteiger partial charge in [0.05, 0.1) is 12.1 Å². The van der Waals surface area contributed by atoms with Gasteiger partial charge in [0.1, 0.15) is 0 Å². The minimum absolute atomic E-state index is 0.00639. The van der Waals surface area contributed by atoms with Crippen molar-refractivity contribution in [2.45, 2.75) is 18.9 Å². The highest BCUT2D eigenvalue weighted by Gasteiger charge is 2.19. The van der Waals surface area contributed by atoms with Crippen LogP contribution in [0.3, 0.4) is 0 Å². The van der Waals surface area contributed by atoms with Gasteiger partial charge in [0.15, 0.2) is 0 Å². The Bertz CT molecular complexity index is 459. The Morgan fingerprint density at radius 1 is 1.53 bits per heavy atom. The van der Waals surface area contributed by atoms with Gasteiger partial charge in [-0.25, -0.2) is 4.79 Å². The SMILES string of the molecule is O=c1cc(O)n(C2CCCSC2)c(=O)[nH]1. The number of nitrogens with one attached hydrogen (secondary N) is 1. The van der Waals surface area contributed by atoms with E-state index in [2.05, 4.69) is 4.98 Å². The number of rotatable bonds is 1. The molecule has 1 unspecified atom stereocenters. The third-order valence-electron chi connectivity index (χ3n) is 2.46. The molecule has 1 aromatic rings. The Hall–Kier alpha value is -1.17. The number of aromatic amines is 1. The van der Waals surface area contributed by atoms with E-state index >= 15 is 0 Å². The van der Waals surface area contributed by atoms with E-state index in [1.165, 1.54) is 4.57 Å². The highest BCUT2D eigenvalue weighted by Crippen LogP contribution is 2.27. The zero-order valence-corrected chi connectivity index (χ0v) is 8.92. The molecule has 1 fully saturated rings. The molecule has 2 rings (SSSR count). The second kappa shape index (κ2) is 4.14. The van der Waals surface area contributed by atoms with Crippen molar-refractivity contribution >= 4 is 11.8 Å². The molecule has 82 valence electrons. The Morgan fingerprint density at radius 3 is 2.93 bits per heavy atom. The molecule has 0 radical (unpaired) electrons. The van der Waals surface area contributed by atoms with Crippen molar-refractivity contribution in [1.82, 2.24) is 9.55 Å². The van der Waals surface area contributed by atoms with Crippen LogP contribution in [0, 0.1) is 0 Å². The number of H-pyrrole nitrogens is 1. The van der Waals surface area contributed by atoms with E-state index < -0.39 is 11.2 Å². The third-order valence-corrected chi connectivity index (χ3v) is 3.66. The predicted octanol–water partition coefficient (Wildman–Crippen LogP) is 0.310. The van der Waals surface area contributed by atoms with Gasteiger partial charge in [-0.1, -0.05) is 0 Å². The average Bonchev–Trinajstić information content (AvgIpc) is 2.17. The molecule has 2 heterocycles. The van der Waals surface area contributed by atoms with E-state index in [1.807, 2.05) is 0 Å². The molecule has 1 aromatic heterocycles. The van der Waals surface area contributed by atoms with Crippen LogP contribution in [0.25, 0.3) is 0 Å². The van der Waals surface area contributed by atoms with Gasteiger partial charge in [0.2, 0.25) is 5.88 Å². The summed E-state index contributed by atoms with van der Waals surface area (Å²) in [6, 6.07) is 1.04. The summed E-state index contributed by atoms with van der Waals surface area (Å²) in [5, 5.41) is 9.56. The van der Waals surface area contributed by atoms with Gasteiger partial charge >= 0.3 is 5.69 Å². The third kappa shape index (κ3) is 2.09. The van der Waals surface area contributed by atoms with Gasteiger partial charge < -0.3 is 5.11 Å². The van der Waals surface area contributed by atoms with Crippen molar-refractivity contribution in [2.24, 2.45) is 0 Å². The highest BCUT2D eigenvalue weighted by molar-refractivity contribution is 7.99. The fraction of sp³-hybridized carbons (Fsp3) is 0.556. The highest BCUT2D eigenvalue weighted by atomic mass is 32.2. The lowest BCUT2D eigenvalue weighted by atomic mass is 10.2. The smallest absolute Gasteiger partial charge is 0.331 e. The summed E-state index contributed by atoms with van der Waals surface area (Å²) >= 11 is 1.76. The fourth-order valence-electron chi connectivity index (χ4n) is 1.77. The molecular weight excluding hydrogens is 216 g/mol. The van der Waals surface area contributed by atoms with Gasteiger partial charge in [0, 0.05) is 5.75 Å². The number of hydrogen-bond donors (Lipinski definition) is 2. The van der Waals surface area contributed by atoms with Crippen LogP contribution in [0.1, 0.15) is 18.9 Å². The first-order chi connectivity index (χ1) is 7.18. The summed E-state index contributed by atoms with van der Waals surface area (Å²) in [4.78, 5) is 24.6. The van der Waals surface area contributed by atoms with Crippen LogP contribution in [-0.2, 0) is 0 Å². The lowest BCUT2D eigenvalue weighted by Gasteiger charge is -2.23. The van der Waals surface area contributed by atoms with Crippen molar-refractivity contribution in [3.63, 3.8) is 0 Å². The lowest BCUT2D eigenvalue weighted by Crippen LogP contribution is -2.33. The number of aromatic nitrogens is 2. The maximum Gasteiger partial charge on any atom is 0.331 e. The van der Waals surface area contributed by atoms with Crippen molar-refractivity contribution in [1.29, 1.82) is 0 Å². The number of thioether (sulfide) groups is 1. The Morgan fingerprint density at radius 2 is 2.33 bits per heavy atom. The summed E-state index contributed by atoms with van der Waals surface area (Å²) in [6.45, 7) is 0. The van der Waals surface area contributed by atoms with E-state index in [1.54, 1.807) is 11.8 Å². The summed E-state index contributed by atoms with van der Waals surface area (Å²) < 4.78 is 1.27. The standard InChI is InChI=1S/C9H12N2O3S/c12-7-4-8(13)11(9(14)10-7)6-2-1-3-15-5-6/h4,6,13H,1-3,5H2,(H,10,12,14). The molecule has 0 bridgehead atoms. The molecule has 0 aromatic carbocycles. The van der Waals surface area contributed by atoms with Gasteiger partial charge in [0.25, 0.3) is 5.56 Å². The van der Waals surface area contributed by atoms with Gasteiger partial charge in [-0.2, -0.15) is 11.8 Å². The van der Waals surface area contributed by atoms with Crippen molar-refractivity contribution in [2.75, 3.05) is 11.5 Å².